The monoisotopic (exact) mass is 391 g/mol. The third-order valence-corrected chi connectivity index (χ3v) is 6.61. The number of anilines is 1. The molecule has 2 aromatic rings. The van der Waals surface area contributed by atoms with Gasteiger partial charge in [-0.2, -0.15) is 0 Å². The highest BCUT2D eigenvalue weighted by atomic mass is 16.6. The van der Waals surface area contributed by atoms with Gasteiger partial charge in [0, 0.05) is 5.41 Å². The maximum Gasteiger partial charge on any atom is 0.415 e. The topological polar surface area (TPSA) is 55.8 Å². The Morgan fingerprint density at radius 3 is 2.45 bits per heavy atom. The highest BCUT2D eigenvalue weighted by Crippen LogP contribution is 2.76. The van der Waals surface area contributed by atoms with Gasteiger partial charge in [-0.3, -0.25) is 9.69 Å². The summed E-state index contributed by atoms with van der Waals surface area (Å²) in [5, 5.41) is 0. The van der Waals surface area contributed by atoms with Crippen molar-refractivity contribution in [3.63, 3.8) is 0 Å². The lowest BCUT2D eigenvalue weighted by Gasteiger charge is -2.33. The highest BCUT2D eigenvalue weighted by Gasteiger charge is 2.89. The SMILES string of the molecule is Cc1ccccc1[C@]12C(=O)OCC[C@]13c1ccccc1N(C(=O)OC(C)(C)C)[C@H]23. The molecule has 1 aliphatic carbocycles. The molecule has 1 spiro atoms. The van der Waals surface area contributed by atoms with E-state index in [0.717, 1.165) is 22.4 Å². The first-order valence-electron chi connectivity index (χ1n) is 10.1. The van der Waals surface area contributed by atoms with Gasteiger partial charge in [-0.1, -0.05) is 42.5 Å². The summed E-state index contributed by atoms with van der Waals surface area (Å²) in [7, 11) is 0. The summed E-state index contributed by atoms with van der Waals surface area (Å²) in [6.07, 6.45) is 0.274. The van der Waals surface area contributed by atoms with Crippen LogP contribution in [0.15, 0.2) is 48.5 Å². The Morgan fingerprint density at radius 2 is 1.76 bits per heavy atom. The van der Waals surface area contributed by atoms with Gasteiger partial charge >= 0.3 is 12.1 Å². The van der Waals surface area contributed by atoms with Crippen molar-refractivity contribution in [1.82, 2.24) is 0 Å². The van der Waals surface area contributed by atoms with Crippen LogP contribution in [0.4, 0.5) is 10.5 Å². The fourth-order valence-corrected chi connectivity index (χ4v) is 5.70. The molecule has 5 heteroatoms. The number of esters is 1. The molecule has 5 rings (SSSR count). The van der Waals surface area contributed by atoms with Gasteiger partial charge in [-0.05, 0) is 56.9 Å². The number of para-hydroxylation sites is 1. The van der Waals surface area contributed by atoms with E-state index < -0.39 is 22.5 Å². The lowest BCUT2D eigenvalue weighted by molar-refractivity contribution is -0.151. The van der Waals surface area contributed by atoms with Gasteiger partial charge in [0.25, 0.3) is 0 Å². The first-order valence-corrected chi connectivity index (χ1v) is 10.1. The number of aryl methyl sites for hydroxylation is 1. The van der Waals surface area contributed by atoms with Crippen LogP contribution in [-0.2, 0) is 25.1 Å². The maximum atomic E-state index is 13.4. The number of nitrogens with zero attached hydrogens (tertiary/aromatic N) is 1. The van der Waals surface area contributed by atoms with Crippen molar-refractivity contribution < 1.29 is 19.1 Å². The standard InChI is InChI=1S/C24H25NO4/c1-15-9-5-6-10-16(15)24-19-23(24,13-14-28-20(24)26)17-11-7-8-12-18(17)25(19)21(27)29-22(2,3)4/h5-12,19H,13-14H2,1-4H3/t19-,23+,24-/m0/s1. The van der Waals surface area contributed by atoms with Crippen LogP contribution in [0.2, 0.25) is 0 Å². The van der Waals surface area contributed by atoms with E-state index in [1.54, 1.807) is 4.90 Å². The molecule has 0 N–H and O–H groups in total. The lowest BCUT2D eigenvalue weighted by atomic mass is 9.76. The summed E-state index contributed by atoms with van der Waals surface area (Å²) in [6, 6.07) is 15.5. The number of rotatable bonds is 1. The zero-order valence-corrected chi connectivity index (χ0v) is 17.2. The first-order chi connectivity index (χ1) is 13.7. The van der Waals surface area contributed by atoms with Crippen molar-refractivity contribution in [3.8, 4) is 0 Å². The second kappa shape index (κ2) is 5.62. The number of carbonyl (C=O) groups is 2. The first kappa shape index (κ1) is 18.2. The molecule has 0 aromatic heterocycles. The molecule has 1 amide bonds. The van der Waals surface area contributed by atoms with Gasteiger partial charge < -0.3 is 9.47 Å². The van der Waals surface area contributed by atoms with Crippen molar-refractivity contribution in [2.45, 2.75) is 56.6 Å². The zero-order chi connectivity index (χ0) is 20.6. The molecule has 2 aliphatic heterocycles. The van der Waals surface area contributed by atoms with Gasteiger partial charge in [0.15, 0.2) is 0 Å². The molecular formula is C24H25NO4. The minimum absolute atomic E-state index is 0.244. The quantitative estimate of drug-likeness (QED) is 0.682. The Hall–Kier alpha value is -2.82. The molecule has 5 nitrogen and oxygen atoms in total. The number of hydrogen-bond acceptors (Lipinski definition) is 4. The predicted molar refractivity (Wildman–Crippen MR) is 109 cm³/mol. The Bertz CT molecular complexity index is 1040. The van der Waals surface area contributed by atoms with Crippen LogP contribution in [0, 0.1) is 6.92 Å². The van der Waals surface area contributed by atoms with Gasteiger partial charge in [0.2, 0.25) is 0 Å². The third-order valence-electron chi connectivity index (χ3n) is 6.61. The van der Waals surface area contributed by atoms with Crippen LogP contribution in [0.5, 0.6) is 0 Å². The fourth-order valence-electron chi connectivity index (χ4n) is 5.70. The molecular weight excluding hydrogens is 366 g/mol. The molecule has 150 valence electrons. The second-order valence-corrected chi connectivity index (χ2v) is 9.25. The Labute approximate surface area is 170 Å². The molecule has 0 bridgehead atoms. The molecule has 2 aromatic carbocycles. The molecule has 3 aliphatic rings. The van der Waals surface area contributed by atoms with E-state index in [0.29, 0.717) is 13.0 Å². The number of amides is 1. The number of ether oxygens (including phenoxy) is 2. The average molecular weight is 391 g/mol. The van der Waals surface area contributed by atoms with Gasteiger partial charge in [0.1, 0.15) is 11.0 Å². The number of cyclic esters (lactones) is 1. The van der Waals surface area contributed by atoms with Crippen LogP contribution in [0.1, 0.15) is 43.9 Å². The molecule has 2 heterocycles. The second-order valence-electron chi connectivity index (χ2n) is 9.25. The van der Waals surface area contributed by atoms with E-state index in [-0.39, 0.29) is 12.0 Å². The van der Waals surface area contributed by atoms with Crippen molar-refractivity contribution >= 4 is 17.7 Å². The van der Waals surface area contributed by atoms with E-state index in [4.69, 9.17) is 9.47 Å². The summed E-state index contributed by atoms with van der Waals surface area (Å²) in [4.78, 5) is 28.4. The zero-order valence-electron chi connectivity index (χ0n) is 17.2. The summed E-state index contributed by atoms with van der Waals surface area (Å²) in [6.45, 7) is 7.94. The van der Waals surface area contributed by atoms with Crippen LogP contribution in [0.25, 0.3) is 0 Å². The fraction of sp³-hybridized carbons (Fsp3) is 0.417. The van der Waals surface area contributed by atoms with Gasteiger partial charge in [0.05, 0.1) is 18.3 Å². The van der Waals surface area contributed by atoms with Crippen LogP contribution in [0.3, 0.4) is 0 Å². The number of hydrogen-bond donors (Lipinski definition) is 0. The van der Waals surface area contributed by atoms with E-state index >= 15 is 0 Å². The third kappa shape index (κ3) is 2.10. The number of fused-ring (bicyclic) bond motifs is 2. The molecule has 1 saturated carbocycles. The van der Waals surface area contributed by atoms with Crippen molar-refractivity contribution in [1.29, 1.82) is 0 Å². The smallest absolute Gasteiger partial charge is 0.415 e. The molecule has 29 heavy (non-hydrogen) atoms. The van der Waals surface area contributed by atoms with Crippen LogP contribution >= 0.6 is 0 Å². The molecule has 0 unspecified atom stereocenters. The normalized spacial score (nSPS) is 29.4. The number of benzene rings is 2. The Balaban J connectivity index is 1.74. The van der Waals surface area contributed by atoms with Crippen molar-refractivity contribution in [3.05, 3.63) is 65.2 Å². The van der Waals surface area contributed by atoms with Gasteiger partial charge in [-0.25, -0.2) is 4.79 Å². The summed E-state index contributed by atoms with van der Waals surface area (Å²) >= 11 is 0. The maximum absolute atomic E-state index is 13.4. The van der Waals surface area contributed by atoms with E-state index in [2.05, 4.69) is 0 Å². The van der Waals surface area contributed by atoms with Crippen molar-refractivity contribution in [2.24, 2.45) is 0 Å². The van der Waals surface area contributed by atoms with Crippen LogP contribution < -0.4 is 4.90 Å². The van der Waals surface area contributed by atoms with E-state index in [9.17, 15) is 9.59 Å². The van der Waals surface area contributed by atoms with Crippen molar-refractivity contribution in [2.75, 3.05) is 11.5 Å². The minimum atomic E-state index is -0.887. The van der Waals surface area contributed by atoms with E-state index in [1.807, 2.05) is 76.2 Å². The number of carbonyl (C=O) groups excluding carboxylic acids is 2. The minimum Gasteiger partial charge on any atom is -0.465 e. The summed E-state index contributed by atoms with van der Waals surface area (Å²) in [5.41, 5.74) is 1.86. The molecule has 2 fully saturated rings. The summed E-state index contributed by atoms with van der Waals surface area (Å²) in [5.74, 6) is -0.244. The predicted octanol–water partition coefficient (Wildman–Crippen LogP) is 4.26. The van der Waals surface area contributed by atoms with E-state index in [1.165, 1.54) is 0 Å². The molecule has 3 atom stereocenters. The summed E-state index contributed by atoms with van der Waals surface area (Å²) < 4.78 is 11.4. The Kier molecular flexibility index (Phi) is 3.53. The largest absolute Gasteiger partial charge is 0.465 e. The van der Waals surface area contributed by atoms with Crippen LogP contribution in [-0.4, -0.2) is 30.3 Å². The molecule has 1 saturated heterocycles. The Morgan fingerprint density at radius 1 is 1.10 bits per heavy atom. The molecule has 0 radical (unpaired) electrons. The lowest BCUT2D eigenvalue weighted by Crippen LogP contribution is -2.44. The highest BCUT2D eigenvalue weighted by molar-refractivity contribution is 6.06. The average Bonchev–Trinajstić information content (AvgIpc) is 3.17. The van der Waals surface area contributed by atoms with Gasteiger partial charge in [-0.15, -0.1) is 0 Å².